The van der Waals surface area contributed by atoms with Crippen molar-refractivity contribution < 1.29 is 29.5 Å². The maximum atomic E-state index is 12.8. The van der Waals surface area contributed by atoms with E-state index < -0.39 is 5.60 Å². The van der Waals surface area contributed by atoms with Crippen molar-refractivity contribution in [1.29, 1.82) is 0 Å². The fourth-order valence-electron chi connectivity index (χ4n) is 3.70. The lowest BCUT2D eigenvalue weighted by Crippen LogP contribution is -2.53. The highest BCUT2D eigenvalue weighted by Crippen LogP contribution is 2.41. The van der Waals surface area contributed by atoms with E-state index >= 15 is 0 Å². The van der Waals surface area contributed by atoms with Gasteiger partial charge in [-0.1, -0.05) is 24.3 Å². The summed E-state index contributed by atoms with van der Waals surface area (Å²) in [5, 5.41) is 14.5. The molecule has 1 N–H and O–H groups in total. The smallest absolute Gasteiger partial charge is 0.254 e. The van der Waals surface area contributed by atoms with E-state index in [-0.39, 0.29) is 11.8 Å². The fourth-order valence-corrected chi connectivity index (χ4v) is 3.70. The summed E-state index contributed by atoms with van der Waals surface area (Å²) in [6, 6.07) is 12.7. The van der Waals surface area contributed by atoms with Crippen LogP contribution in [0.3, 0.4) is 0 Å². The third-order valence-electron chi connectivity index (χ3n) is 5.64. The van der Waals surface area contributed by atoms with Crippen LogP contribution in [0.4, 0.5) is 0 Å². The van der Waals surface area contributed by atoms with Gasteiger partial charge in [0.05, 0.1) is 0 Å². The molecule has 1 aliphatic carbocycles. The van der Waals surface area contributed by atoms with Crippen molar-refractivity contribution >= 4 is 11.8 Å². The molecule has 8 heteroatoms. The minimum Gasteiger partial charge on any atom is -0.380 e. The SMILES string of the molecule is O=C(c1ccc(-c2cccc3c2OOO3)cc1)N1CCN(C(=O)C2(O)CC2)CC1. The van der Waals surface area contributed by atoms with Gasteiger partial charge in [0.1, 0.15) is 5.60 Å². The lowest BCUT2D eigenvalue weighted by atomic mass is 10.0. The summed E-state index contributed by atoms with van der Waals surface area (Å²) in [4.78, 5) is 38.4. The largest absolute Gasteiger partial charge is 0.380 e. The standard InChI is InChI=1S/C21H20N2O6/c24-19(22-10-12-23(13-11-22)20(25)21(26)8-9-21)15-6-4-14(5-7-15)16-2-1-3-17-18(16)28-29-27-17/h1-7,26H,8-13H2. The summed E-state index contributed by atoms with van der Waals surface area (Å²) in [7, 11) is 0. The Morgan fingerprint density at radius 2 is 1.59 bits per heavy atom. The van der Waals surface area contributed by atoms with E-state index in [0.29, 0.717) is 56.1 Å². The summed E-state index contributed by atoms with van der Waals surface area (Å²) in [6.07, 6.45) is 1.07. The number of amides is 2. The Labute approximate surface area is 167 Å². The number of carbonyl (C=O) groups is 2. The molecule has 2 fully saturated rings. The first-order chi connectivity index (χ1) is 14.0. The highest BCUT2D eigenvalue weighted by molar-refractivity contribution is 5.95. The van der Waals surface area contributed by atoms with Crippen LogP contribution in [0.1, 0.15) is 23.2 Å². The molecule has 0 radical (unpaired) electrons. The Hall–Kier alpha value is -3.10. The molecule has 2 aromatic rings. The fraction of sp³-hybridized carbons (Fsp3) is 0.333. The van der Waals surface area contributed by atoms with Crippen molar-refractivity contribution in [2.75, 3.05) is 26.2 Å². The predicted molar refractivity (Wildman–Crippen MR) is 101 cm³/mol. The number of hydrogen-bond acceptors (Lipinski definition) is 6. The van der Waals surface area contributed by atoms with Crippen LogP contribution < -0.4 is 9.78 Å². The molecule has 2 heterocycles. The molecular formula is C21H20N2O6. The van der Waals surface area contributed by atoms with E-state index in [4.69, 9.17) is 9.78 Å². The predicted octanol–water partition coefficient (Wildman–Crippen LogP) is 1.78. The van der Waals surface area contributed by atoms with Gasteiger partial charge in [-0.15, -0.1) is 0 Å². The summed E-state index contributed by atoms with van der Waals surface area (Å²) >= 11 is 0. The molecule has 2 aliphatic heterocycles. The van der Waals surface area contributed by atoms with Gasteiger partial charge < -0.3 is 14.9 Å². The molecule has 2 aromatic carbocycles. The molecule has 0 spiro atoms. The quantitative estimate of drug-likeness (QED) is 0.796. The average Bonchev–Trinajstić information content (AvgIpc) is 3.33. The van der Waals surface area contributed by atoms with E-state index in [0.717, 1.165) is 11.1 Å². The molecule has 0 atom stereocenters. The highest BCUT2D eigenvalue weighted by Gasteiger charge is 2.50. The third-order valence-corrected chi connectivity index (χ3v) is 5.64. The Morgan fingerprint density at radius 1 is 0.897 bits per heavy atom. The lowest BCUT2D eigenvalue weighted by Gasteiger charge is -2.35. The van der Waals surface area contributed by atoms with Gasteiger partial charge in [0.15, 0.2) is 0 Å². The molecule has 1 saturated carbocycles. The Morgan fingerprint density at radius 3 is 2.28 bits per heavy atom. The van der Waals surface area contributed by atoms with Crippen molar-refractivity contribution in [2.24, 2.45) is 0 Å². The van der Waals surface area contributed by atoms with E-state index in [1.807, 2.05) is 24.3 Å². The number of fused-ring (bicyclic) bond motifs is 1. The second-order valence-corrected chi connectivity index (χ2v) is 7.56. The molecule has 2 amide bonds. The molecule has 5 rings (SSSR count). The van der Waals surface area contributed by atoms with Crippen LogP contribution in [0, 0.1) is 0 Å². The van der Waals surface area contributed by atoms with Crippen molar-refractivity contribution in [3.63, 3.8) is 0 Å². The summed E-state index contributed by atoms with van der Waals surface area (Å²) in [5.41, 5.74) is 1.11. The van der Waals surface area contributed by atoms with Crippen molar-refractivity contribution in [1.82, 2.24) is 9.80 Å². The minimum absolute atomic E-state index is 0.0741. The number of para-hydroxylation sites is 1. The highest BCUT2D eigenvalue weighted by atomic mass is 17.5. The van der Waals surface area contributed by atoms with Crippen molar-refractivity contribution in [2.45, 2.75) is 18.4 Å². The Kier molecular flexibility index (Phi) is 4.18. The van der Waals surface area contributed by atoms with Crippen LogP contribution in [0.5, 0.6) is 11.5 Å². The maximum Gasteiger partial charge on any atom is 0.254 e. The van der Waals surface area contributed by atoms with Crippen LogP contribution in [0.25, 0.3) is 11.1 Å². The van der Waals surface area contributed by atoms with E-state index in [1.54, 1.807) is 28.0 Å². The normalized spacial score (nSPS) is 19.2. The first-order valence-electron chi connectivity index (χ1n) is 9.61. The zero-order valence-electron chi connectivity index (χ0n) is 15.7. The van der Waals surface area contributed by atoms with Crippen LogP contribution in [-0.4, -0.2) is 58.5 Å². The minimum atomic E-state index is -1.15. The van der Waals surface area contributed by atoms with E-state index in [1.165, 1.54) is 0 Å². The first kappa shape index (κ1) is 18.0. The van der Waals surface area contributed by atoms with Gasteiger partial charge in [0.2, 0.25) is 11.5 Å². The van der Waals surface area contributed by atoms with E-state index in [9.17, 15) is 14.7 Å². The van der Waals surface area contributed by atoms with Crippen molar-refractivity contribution in [3.05, 3.63) is 48.0 Å². The molecule has 3 aliphatic rings. The number of carbonyl (C=O) groups excluding carboxylic acids is 2. The molecule has 150 valence electrons. The van der Waals surface area contributed by atoms with E-state index in [2.05, 4.69) is 5.04 Å². The number of hydrogen-bond donors (Lipinski definition) is 1. The molecular weight excluding hydrogens is 376 g/mol. The van der Waals surface area contributed by atoms with Crippen molar-refractivity contribution in [3.8, 4) is 22.6 Å². The molecule has 0 bridgehead atoms. The summed E-state index contributed by atoms with van der Waals surface area (Å²) in [6.45, 7) is 1.80. The first-order valence-corrected chi connectivity index (χ1v) is 9.61. The Balaban J connectivity index is 1.26. The van der Waals surface area contributed by atoms with Crippen LogP contribution in [-0.2, 0) is 9.83 Å². The van der Waals surface area contributed by atoms with Gasteiger partial charge in [-0.3, -0.25) is 19.4 Å². The average molecular weight is 396 g/mol. The van der Waals surface area contributed by atoms with Crippen LogP contribution in [0.2, 0.25) is 0 Å². The molecule has 29 heavy (non-hydrogen) atoms. The molecule has 8 nitrogen and oxygen atoms in total. The van der Waals surface area contributed by atoms with Gasteiger partial charge in [-0.2, -0.15) is 0 Å². The second kappa shape index (κ2) is 6.75. The number of rotatable bonds is 3. The van der Waals surface area contributed by atoms with Gasteiger partial charge in [0.25, 0.3) is 11.8 Å². The zero-order chi connectivity index (χ0) is 20.0. The lowest BCUT2D eigenvalue weighted by molar-refractivity contribution is -0.384. The van der Waals surface area contributed by atoms with Gasteiger partial charge in [-0.05, 0) is 36.6 Å². The van der Waals surface area contributed by atoms with Crippen LogP contribution >= 0.6 is 0 Å². The number of benzene rings is 2. The van der Waals surface area contributed by atoms with Gasteiger partial charge in [0, 0.05) is 42.3 Å². The monoisotopic (exact) mass is 396 g/mol. The Bertz CT molecular complexity index is 962. The topological polar surface area (TPSA) is 88.5 Å². The maximum absolute atomic E-state index is 12.8. The molecule has 0 unspecified atom stereocenters. The van der Waals surface area contributed by atoms with Crippen LogP contribution in [0.15, 0.2) is 42.5 Å². The zero-order valence-corrected chi connectivity index (χ0v) is 15.7. The second-order valence-electron chi connectivity index (χ2n) is 7.56. The number of piperazine rings is 1. The number of nitrogens with zero attached hydrogens (tertiary/aromatic N) is 2. The van der Waals surface area contributed by atoms with Gasteiger partial charge >= 0.3 is 0 Å². The van der Waals surface area contributed by atoms with Gasteiger partial charge in [-0.25, -0.2) is 0 Å². The summed E-state index contributed by atoms with van der Waals surface area (Å²) < 4.78 is 0. The number of aliphatic hydroxyl groups is 1. The molecule has 1 saturated heterocycles. The third kappa shape index (κ3) is 3.20. The summed E-state index contributed by atoms with van der Waals surface area (Å²) in [5.74, 6) is 0.727. The molecule has 0 aromatic heterocycles.